The summed E-state index contributed by atoms with van der Waals surface area (Å²) in [5.41, 5.74) is 5.50. The third-order valence-corrected chi connectivity index (χ3v) is 4.01. The van der Waals surface area contributed by atoms with Gasteiger partial charge in [0.2, 0.25) is 10.0 Å². The summed E-state index contributed by atoms with van der Waals surface area (Å²) >= 11 is 0. The van der Waals surface area contributed by atoms with Crippen LogP contribution in [-0.4, -0.2) is 22.1 Å². The van der Waals surface area contributed by atoms with Gasteiger partial charge in [0.15, 0.2) is 11.6 Å². The van der Waals surface area contributed by atoms with Crippen molar-refractivity contribution in [2.45, 2.75) is 25.2 Å². The van der Waals surface area contributed by atoms with E-state index in [2.05, 4.69) is 4.72 Å². The molecule has 7 heteroatoms. The molecule has 0 aliphatic heterocycles. The molecule has 0 radical (unpaired) electrons. The van der Waals surface area contributed by atoms with Gasteiger partial charge >= 0.3 is 0 Å². The molecule has 0 aliphatic rings. The number of hydrogen-bond acceptors (Lipinski definition) is 4. The Morgan fingerprint density at radius 2 is 2.05 bits per heavy atom. The van der Waals surface area contributed by atoms with E-state index in [0.29, 0.717) is 18.9 Å². The summed E-state index contributed by atoms with van der Waals surface area (Å²) in [6.07, 6.45) is 0.702. The minimum atomic E-state index is -3.75. The van der Waals surface area contributed by atoms with Crippen LogP contribution in [0.4, 0.5) is 10.1 Å². The van der Waals surface area contributed by atoms with Gasteiger partial charge in [0.05, 0.1) is 17.7 Å². The second-order valence-corrected chi connectivity index (χ2v) is 6.37. The number of nitrogens with one attached hydrogen (secondary N) is 1. The zero-order valence-electron chi connectivity index (χ0n) is 11.2. The largest absolute Gasteiger partial charge is 0.492 e. The predicted octanol–water partition coefficient (Wildman–Crippen LogP) is 1.74. The molecule has 0 amide bonds. The van der Waals surface area contributed by atoms with Crippen molar-refractivity contribution < 1.29 is 17.5 Å². The molecule has 0 atom stereocenters. The molecule has 0 heterocycles. The summed E-state index contributed by atoms with van der Waals surface area (Å²) in [5, 5.41) is 0. The number of sulfonamides is 1. The molecule has 0 aliphatic carbocycles. The number of nitrogen functional groups attached to an aromatic ring is 1. The van der Waals surface area contributed by atoms with Gasteiger partial charge in [-0.3, -0.25) is 0 Å². The van der Waals surface area contributed by atoms with Crippen molar-refractivity contribution >= 4 is 15.7 Å². The SMILES string of the molecule is COc1c(N)cc(S(=O)(=O)NCCC(C)C)cc1F. The van der Waals surface area contributed by atoms with Gasteiger partial charge in [-0.2, -0.15) is 0 Å². The monoisotopic (exact) mass is 290 g/mol. The maximum absolute atomic E-state index is 13.6. The number of nitrogens with two attached hydrogens (primary N) is 1. The van der Waals surface area contributed by atoms with E-state index < -0.39 is 15.8 Å². The van der Waals surface area contributed by atoms with Crippen LogP contribution in [0.1, 0.15) is 20.3 Å². The maximum Gasteiger partial charge on any atom is 0.240 e. The Kier molecular flexibility index (Phi) is 5.13. The van der Waals surface area contributed by atoms with E-state index in [0.717, 1.165) is 6.07 Å². The van der Waals surface area contributed by atoms with Crippen molar-refractivity contribution in [3.05, 3.63) is 17.9 Å². The Balaban J connectivity index is 2.96. The number of anilines is 1. The van der Waals surface area contributed by atoms with Gasteiger partial charge in [-0.15, -0.1) is 0 Å². The van der Waals surface area contributed by atoms with E-state index in [1.54, 1.807) is 0 Å². The highest BCUT2D eigenvalue weighted by atomic mass is 32.2. The van der Waals surface area contributed by atoms with Gasteiger partial charge in [-0.05, 0) is 24.5 Å². The van der Waals surface area contributed by atoms with Crippen molar-refractivity contribution in [3.8, 4) is 5.75 Å². The molecule has 3 N–H and O–H groups in total. The van der Waals surface area contributed by atoms with E-state index in [1.807, 2.05) is 13.8 Å². The smallest absolute Gasteiger partial charge is 0.240 e. The fourth-order valence-corrected chi connectivity index (χ4v) is 2.62. The average Bonchev–Trinajstić information content (AvgIpc) is 2.27. The first-order valence-corrected chi connectivity index (χ1v) is 7.39. The normalized spacial score (nSPS) is 11.8. The molecule has 108 valence electrons. The highest BCUT2D eigenvalue weighted by molar-refractivity contribution is 7.89. The van der Waals surface area contributed by atoms with Crippen LogP contribution < -0.4 is 15.2 Å². The Hall–Kier alpha value is -1.34. The summed E-state index contributed by atoms with van der Waals surface area (Å²) < 4.78 is 44.6. The predicted molar refractivity (Wildman–Crippen MR) is 72.0 cm³/mol. The molecular formula is C12H19FN2O3S. The highest BCUT2D eigenvalue weighted by Gasteiger charge is 2.18. The van der Waals surface area contributed by atoms with Gasteiger partial charge in [-0.1, -0.05) is 13.8 Å². The van der Waals surface area contributed by atoms with E-state index in [4.69, 9.17) is 10.5 Å². The number of halogens is 1. The Morgan fingerprint density at radius 1 is 1.42 bits per heavy atom. The van der Waals surface area contributed by atoms with Crippen LogP contribution in [-0.2, 0) is 10.0 Å². The fraction of sp³-hybridized carbons (Fsp3) is 0.500. The van der Waals surface area contributed by atoms with Crippen LogP contribution in [0.2, 0.25) is 0 Å². The number of rotatable bonds is 6. The molecule has 0 saturated heterocycles. The molecule has 19 heavy (non-hydrogen) atoms. The molecule has 0 fully saturated rings. The highest BCUT2D eigenvalue weighted by Crippen LogP contribution is 2.28. The molecule has 0 aromatic heterocycles. The minimum absolute atomic E-state index is 0.0493. The second kappa shape index (κ2) is 6.21. The molecule has 1 rings (SSSR count). The van der Waals surface area contributed by atoms with Crippen molar-refractivity contribution in [1.82, 2.24) is 4.72 Å². The number of benzene rings is 1. The van der Waals surface area contributed by atoms with Crippen molar-refractivity contribution in [2.24, 2.45) is 5.92 Å². The Bertz CT molecular complexity index is 521. The summed E-state index contributed by atoms with van der Waals surface area (Å²) in [6.45, 7) is 4.27. The third-order valence-electron chi connectivity index (χ3n) is 2.57. The lowest BCUT2D eigenvalue weighted by atomic mass is 10.1. The van der Waals surface area contributed by atoms with Gasteiger partial charge in [0.1, 0.15) is 0 Å². The van der Waals surface area contributed by atoms with E-state index in [9.17, 15) is 12.8 Å². The zero-order valence-corrected chi connectivity index (χ0v) is 12.1. The van der Waals surface area contributed by atoms with Crippen LogP contribution in [0.25, 0.3) is 0 Å². The van der Waals surface area contributed by atoms with E-state index in [-0.39, 0.29) is 16.3 Å². The average molecular weight is 290 g/mol. The topological polar surface area (TPSA) is 81.4 Å². The summed E-state index contributed by atoms with van der Waals surface area (Å²) in [5.74, 6) is -0.576. The third kappa shape index (κ3) is 4.07. The van der Waals surface area contributed by atoms with Crippen LogP contribution >= 0.6 is 0 Å². The van der Waals surface area contributed by atoms with E-state index >= 15 is 0 Å². The van der Waals surface area contributed by atoms with Gasteiger partial charge < -0.3 is 10.5 Å². The first kappa shape index (κ1) is 15.7. The first-order valence-electron chi connectivity index (χ1n) is 5.90. The molecule has 0 bridgehead atoms. The standard InChI is InChI=1S/C12H19FN2O3S/c1-8(2)4-5-15-19(16,17)9-6-10(13)12(18-3)11(14)7-9/h6-8,15H,4-5,14H2,1-3H3. The van der Waals surface area contributed by atoms with E-state index in [1.165, 1.54) is 13.2 Å². The fourth-order valence-electron chi connectivity index (χ4n) is 1.52. The summed E-state index contributed by atoms with van der Waals surface area (Å²) in [4.78, 5) is -0.202. The molecule has 0 spiro atoms. The lowest BCUT2D eigenvalue weighted by molar-refractivity contribution is 0.388. The summed E-state index contributed by atoms with van der Waals surface area (Å²) in [7, 11) is -2.48. The Morgan fingerprint density at radius 3 is 2.53 bits per heavy atom. The Labute approximate surface area is 113 Å². The molecule has 1 aromatic rings. The molecule has 0 unspecified atom stereocenters. The van der Waals surface area contributed by atoms with Gasteiger partial charge in [0.25, 0.3) is 0 Å². The first-order chi connectivity index (χ1) is 8.77. The molecule has 1 aromatic carbocycles. The summed E-state index contributed by atoms with van der Waals surface area (Å²) in [6, 6.07) is 2.08. The molecule has 5 nitrogen and oxygen atoms in total. The zero-order chi connectivity index (χ0) is 14.6. The minimum Gasteiger partial charge on any atom is -0.492 e. The number of ether oxygens (including phenoxy) is 1. The quantitative estimate of drug-likeness (QED) is 0.782. The van der Waals surface area contributed by atoms with Crippen molar-refractivity contribution in [2.75, 3.05) is 19.4 Å². The van der Waals surface area contributed by atoms with Crippen LogP contribution in [0.5, 0.6) is 5.75 Å². The van der Waals surface area contributed by atoms with Crippen LogP contribution in [0.3, 0.4) is 0 Å². The molecular weight excluding hydrogens is 271 g/mol. The lowest BCUT2D eigenvalue weighted by Crippen LogP contribution is -2.26. The van der Waals surface area contributed by atoms with Crippen LogP contribution in [0, 0.1) is 11.7 Å². The number of methoxy groups -OCH3 is 1. The van der Waals surface area contributed by atoms with Crippen LogP contribution in [0.15, 0.2) is 17.0 Å². The molecule has 0 saturated carbocycles. The van der Waals surface area contributed by atoms with Crippen molar-refractivity contribution in [3.63, 3.8) is 0 Å². The maximum atomic E-state index is 13.6. The number of hydrogen-bond donors (Lipinski definition) is 2. The van der Waals surface area contributed by atoms with Gasteiger partial charge in [-0.25, -0.2) is 17.5 Å². The van der Waals surface area contributed by atoms with Gasteiger partial charge in [0, 0.05) is 6.54 Å². The second-order valence-electron chi connectivity index (χ2n) is 4.61. The van der Waals surface area contributed by atoms with Crippen molar-refractivity contribution in [1.29, 1.82) is 0 Å². The lowest BCUT2D eigenvalue weighted by Gasteiger charge is -2.11.